The molecule has 0 saturated heterocycles. The average molecular weight is 1020 g/mol. The Kier molecular flexibility index (Phi) is 25.0. The van der Waals surface area contributed by atoms with E-state index >= 15 is 0 Å². The van der Waals surface area contributed by atoms with E-state index in [0.29, 0.717) is 23.6 Å². The van der Waals surface area contributed by atoms with Gasteiger partial charge in [-0.1, -0.05) is 65.3 Å². The second-order valence-electron chi connectivity index (χ2n) is 16.5. The SMILES string of the molecule is C/C=C1\NC(=O)c2cc(SC)cc(n2)CNC(=O)C[C@@H](/C=C/CCC)OC(=O)[C@H](C(C)C)NC1=O.C/C=C1\NC(=O)c2cc(SC)cc(n2)CNC(=O)C[C@@H](/C=C/CCS)OC(=O)[C@H](C(C)C)NC1=O. The van der Waals surface area contributed by atoms with Crippen LogP contribution >= 0.6 is 36.2 Å². The van der Waals surface area contributed by atoms with Gasteiger partial charge in [-0.2, -0.15) is 12.6 Å². The van der Waals surface area contributed by atoms with E-state index < -0.39 is 59.9 Å². The number of aromatic nitrogens is 2. The van der Waals surface area contributed by atoms with Crippen LogP contribution < -0.4 is 31.9 Å². The lowest BCUT2D eigenvalue weighted by atomic mass is 10.0. The number of carbonyl (C=O) groups is 8. The molecule has 0 saturated carbocycles. The molecule has 4 rings (SSSR count). The van der Waals surface area contributed by atoms with Crippen LogP contribution in [-0.2, 0) is 51.3 Å². The number of rotatable bonds is 10. The van der Waals surface area contributed by atoms with Crippen molar-refractivity contribution in [3.05, 3.63) is 94.9 Å². The molecule has 380 valence electrons. The molecule has 0 radical (unpaired) electrons. The highest BCUT2D eigenvalue weighted by Gasteiger charge is 2.32. The zero-order valence-electron chi connectivity index (χ0n) is 41.1. The lowest BCUT2D eigenvalue weighted by Gasteiger charge is -2.24. The molecule has 21 heteroatoms. The normalized spacial score (nSPS) is 21.6. The van der Waals surface area contributed by atoms with Gasteiger partial charge in [0, 0.05) is 9.79 Å². The van der Waals surface area contributed by atoms with Gasteiger partial charge in [0.25, 0.3) is 23.6 Å². The Hall–Kier alpha value is -5.93. The molecule has 0 spiro atoms. The molecule has 70 heavy (non-hydrogen) atoms. The van der Waals surface area contributed by atoms with Crippen molar-refractivity contribution in [2.24, 2.45) is 11.8 Å². The second kappa shape index (κ2) is 30.0. The Labute approximate surface area is 424 Å². The predicted molar refractivity (Wildman–Crippen MR) is 272 cm³/mol. The minimum Gasteiger partial charge on any atom is -0.456 e. The monoisotopic (exact) mass is 1020 g/mol. The molecule has 2 aromatic heterocycles. The topological polar surface area (TPSA) is 253 Å². The zero-order chi connectivity index (χ0) is 51.9. The van der Waals surface area contributed by atoms with Crippen LogP contribution in [0.1, 0.15) is 113 Å². The van der Waals surface area contributed by atoms with Crippen molar-refractivity contribution >= 4 is 83.5 Å². The molecule has 18 nitrogen and oxygen atoms in total. The van der Waals surface area contributed by atoms with Crippen molar-refractivity contribution in [2.75, 3.05) is 18.3 Å². The van der Waals surface area contributed by atoms with Gasteiger partial charge in [0.2, 0.25) is 11.8 Å². The van der Waals surface area contributed by atoms with E-state index in [-0.39, 0.29) is 72.4 Å². The maximum atomic E-state index is 13.0. The largest absolute Gasteiger partial charge is 0.456 e. The minimum atomic E-state index is -0.990. The number of esters is 2. The number of pyridine rings is 2. The van der Waals surface area contributed by atoms with Crippen molar-refractivity contribution in [1.29, 1.82) is 0 Å². The third kappa shape index (κ3) is 19.1. The molecule has 2 aliphatic heterocycles. The number of unbranched alkanes of at least 4 members (excludes halogenated alkanes) is 1. The zero-order valence-corrected chi connectivity index (χ0v) is 43.7. The first kappa shape index (κ1) is 58.4. The van der Waals surface area contributed by atoms with Crippen LogP contribution in [0.25, 0.3) is 0 Å². The molecular weight excluding hydrogens is 957 g/mol. The number of thiol groups is 1. The molecule has 2 aromatic rings. The Morgan fingerprint density at radius 1 is 0.643 bits per heavy atom. The number of nitrogens with zero attached hydrogens (tertiary/aromatic N) is 2. The van der Waals surface area contributed by atoms with Gasteiger partial charge in [-0.3, -0.25) is 28.8 Å². The average Bonchev–Trinajstić information content (AvgIpc) is 3.33. The first-order valence-electron chi connectivity index (χ1n) is 22.9. The van der Waals surface area contributed by atoms with Gasteiger partial charge in [-0.05, 0) is 93.2 Å². The molecule has 4 atom stereocenters. The van der Waals surface area contributed by atoms with Gasteiger partial charge in [-0.25, -0.2) is 19.6 Å². The van der Waals surface area contributed by atoms with Gasteiger partial charge in [0.15, 0.2) is 0 Å². The van der Waals surface area contributed by atoms with Crippen LogP contribution in [-0.4, -0.2) is 99.9 Å². The summed E-state index contributed by atoms with van der Waals surface area (Å²) in [6.45, 7) is 12.5. The predicted octanol–water partition coefficient (Wildman–Crippen LogP) is 5.25. The van der Waals surface area contributed by atoms with Gasteiger partial charge in [0.05, 0.1) is 37.3 Å². The molecule has 0 fully saturated rings. The van der Waals surface area contributed by atoms with Crippen LogP contribution in [0, 0.1) is 11.8 Å². The number of amides is 6. The van der Waals surface area contributed by atoms with Crippen molar-refractivity contribution in [1.82, 2.24) is 41.9 Å². The van der Waals surface area contributed by atoms with Crippen molar-refractivity contribution in [3.8, 4) is 0 Å². The Balaban J connectivity index is 0.000000370. The van der Waals surface area contributed by atoms with E-state index in [1.807, 2.05) is 25.5 Å². The number of cyclic esters (lactones) is 2. The lowest BCUT2D eigenvalue weighted by Crippen LogP contribution is -2.48. The summed E-state index contributed by atoms with van der Waals surface area (Å²) < 4.78 is 11.2. The molecule has 0 aromatic carbocycles. The Morgan fingerprint density at radius 3 is 1.39 bits per heavy atom. The summed E-state index contributed by atoms with van der Waals surface area (Å²) in [7, 11) is 0. The number of thioether (sulfide) groups is 2. The fraction of sp³-hybridized carbons (Fsp3) is 0.469. The van der Waals surface area contributed by atoms with Gasteiger partial charge in [0.1, 0.15) is 47.1 Å². The van der Waals surface area contributed by atoms with E-state index in [9.17, 15) is 38.4 Å². The number of ether oxygens (including phenoxy) is 2. The number of allylic oxidation sites excluding steroid dienone is 4. The summed E-state index contributed by atoms with van der Waals surface area (Å²) in [5.74, 6) is -4.43. The first-order chi connectivity index (χ1) is 33.4. The number of fused-ring (bicyclic) bond motifs is 4. The van der Waals surface area contributed by atoms with Gasteiger partial charge < -0.3 is 41.4 Å². The van der Waals surface area contributed by atoms with Gasteiger partial charge >= 0.3 is 11.9 Å². The standard InChI is InChI=1S/C25H34N4O5S.C24H32N4O5S2/c1-6-8-9-10-17-12-21(30)26-14-16-11-18(35-5)13-20(27-16)24(32)28-19(7-2)23(31)29-22(15(3)4)25(33)34-17;1-5-18-22(30)28-21(14(2)3)24(32)33-16(8-6-7-9-34)11-20(29)25-13-15-10-17(35-4)12-19(26-15)23(31)27-18/h7,9-11,13,15,17,22H,6,8,12,14H2,1-5H3,(H,26,30)(H,28,32)(H,29,31);5-6,8,10,12,14,16,21,34H,7,9,11,13H2,1-4H3,(H,25,29)(H,27,31)(H,28,30)/b10-9+,19-7-;8-6+,18-5-/t17-,22+;16-,21+/m11/s1. The Morgan fingerprint density at radius 2 is 1.04 bits per heavy atom. The van der Waals surface area contributed by atoms with E-state index in [4.69, 9.17) is 9.47 Å². The van der Waals surface area contributed by atoms with Crippen LogP contribution in [0.4, 0.5) is 0 Å². The summed E-state index contributed by atoms with van der Waals surface area (Å²) in [4.78, 5) is 113. The quantitative estimate of drug-likeness (QED) is 0.0528. The second-order valence-corrected chi connectivity index (χ2v) is 18.7. The van der Waals surface area contributed by atoms with E-state index in [0.717, 1.165) is 22.6 Å². The molecule has 6 amide bonds. The molecular formula is C49H66N8O10S3. The van der Waals surface area contributed by atoms with Crippen molar-refractivity contribution in [3.63, 3.8) is 0 Å². The molecule has 0 unspecified atom stereocenters. The maximum Gasteiger partial charge on any atom is 0.329 e. The van der Waals surface area contributed by atoms with Crippen LogP contribution in [0.15, 0.2) is 81.9 Å². The molecule has 6 N–H and O–H groups in total. The highest BCUT2D eigenvalue weighted by atomic mass is 32.2. The smallest absolute Gasteiger partial charge is 0.329 e. The number of nitrogens with one attached hydrogen (secondary N) is 6. The van der Waals surface area contributed by atoms with E-state index in [2.05, 4.69) is 54.5 Å². The third-order valence-electron chi connectivity index (χ3n) is 10.3. The Bertz CT molecular complexity index is 2170. The van der Waals surface area contributed by atoms with Crippen molar-refractivity contribution < 1.29 is 47.8 Å². The fourth-order valence-corrected chi connectivity index (χ4v) is 7.58. The molecule has 4 bridgehead atoms. The number of carbonyl (C=O) groups excluding carboxylic acids is 8. The highest BCUT2D eigenvalue weighted by molar-refractivity contribution is 7.98. The van der Waals surface area contributed by atoms with Crippen LogP contribution in [0.3, 0.4) is 0 Å². The third-order valence-corrected chi connectivity index (χ3v) is 12.0. The molecule has 2 aliphatic rings. The summed E-state index contributed by atoms with van der Waals surface area (Å²) in [6, 6.07) is 4.80. The van der Waals surface area contributed by atoms with Crippen molar-refractivity contribution in [2.45, 2.75) is 128 Å². The van der Waals surface area contributed by atoms with E-state index in [1.165, 1.54) is 35.7 Å². The van der Waals surface area contributed by atoms with Crippen LogP contribution in [0.5, 0.6) is 0 Å². The summed E-state index contributed by atoms with van der Waals surface area (Å²) in [5, 5.41) is 16.0. The lowest BCUT2D eigenvalue weighted by molar-refractivity contribution is -0.153. The maximum absolute atomic E-state index is 13.0. The number of hydrogen-bond acceptors (Lipinski definition) is 15. The minimum absolute atomic E-state index is 0.00820. The van der Waals surface area contributed by atoms with Crippen LogP contribution in [0.2, 0.25) is 0 Å². The molecule has 0 aliphatic carbocycles. The fourth-order valence-electron chi connectivity index (χ4n) is 6.46. The van der Waals surface area contributed by atoms with E-state index in [1.54, 1.807) is 84.0 Å². The number of hydrogen-bond donors (Lipinski definition) is 7. The summed E-state index contributed by atoms with van der Waals surface area (Å²) >= 11 is 7.02. The first-order valence-corrected chi connectivity index (χ1v) is 26.0. The van der Waals surface area contributed by atoms with Gasteiger partial charge in [-0.15, -0.1) is 23.5 Å². The summed E-state index contributed by atoms with van der Waals surface area (Å²) in [5.41, 5.74) is 1.16. The highest BCUT2D eigenvalue weighted by Crippen LogP contribution is 2.20. The summed E-state index contributed by atoms with van der Waals surface area (Å²) in [6.07, 6.45) is 14.2. The molecule has 4 heterocycles.